The SMILES string of the molecule is Cc1cc(C#CCCO)cc(C(=O)NCCN(C)C)c1. The number of hydrogen-bond donors (Lipinski definition) is 2. The molecule has 108 valence electrons. The molecule has 4 heteroatoms. The molecule has 0 aromatic heterocycles. The van der Waals surface area contributed by atoms with Gasteiger partial charge in [-0.3, -0.25) is 4.79 Å². The highest BCUT2D eigenvalue weighted by atomic mass is 16.2. The summed E-state index contributed by atoms with van der Waals surface area (Å²) in [6.07, 6.45) is 0.443. The van der Waals surface area contributed by atoms with E-state index in [0.717, 1.165) is 17.7 Å². The van der Waals surface area contributed by atoms with Crippen LogP contribution < -0.4 is 5.32 Å². The highest BCUT2D eigenvalue weighted by Crippen LogP contribution is 2.09. The molecule has 1 amide bonds. The summed E-state index contributed by atoms with van der Waals surface area (Å²) in [6, 6.07) is 5.56. The van der Waals surface area contributed by atoms with Crippen molar-refractivity contribution < 1.29 is 9.90 Å². The summed E-state index contributed by atoms with van der Waals surface area (Å²) in [7, 11) is 3.93. The second kappa shape index (κ2) is 8.36. The summed E-state index contributed by atoms with van der Waals surface area (Å²) < 4.78 is 0. The molecule has 0 saturated heterocycles. The fourth-order valence-electron chi connectivity index (χ4n) is 1.70. The predicted molar refractivity (Wildman–Crippen MR) is 80.6 cm³/mol. The van der Waals surface area contributed by atoms with Gasteiger partial charge in [-0.15, -0.1) is 0 Å². The van der Waals surface area contributed by atoms with E-state index in [-0.39, 0.29) is 12.5 Å². The second-order valence-electron chi connectivity index (χ2n) is 4.92. The molecule has 2 N–H and O–H groups in total. The smallest absolute Gasteiger partial charge is 0.251 e. The zero-order valence-electron chi connectivity index (χ0n) is 12.4. The van der Waals surface area contributed by atoms with Crippen LogP contribution in [0.3, 0.4) is 0 Å². The van der Waals surface area contributed by atoms with Crippen LogP contribution in [-0.4, -0.2) is 49.7 Å². The van der Waals surface area contributed by atoms with Crippen molar-refractivity contribution in [2.24, 2.45) is 0 Å². The quantitative estimate of drug-likeness (QED) is 0.788. The van der Waals surface area contributed by atoms with E-state index in [4.69, 9.17) is 5.11 Å². The fourth-order valence-corrected chi connectivity index (χ4v) is 1.70. The number of hydrogen-bond acceptors (Lipinski definition) is 3. The minimum Gasteiger partial charge on any atom is -0.395 e. The Kier molecular flexibility index (Phi) is 6.78. The summed E-state index contributed by atoms with van der Waals surface area (Å²) in [5.41, 5.74) is 2.42. The topological polar surface area (TPSA) is 52.6 Å². The van der Waals surface area contributed by atoms with E-state index in [2.05, 4.69) is 17.2 Å². The molecule has 0 fully saturated rings. The molecule has 0 spiro atoms. The van der Waals surface area contributed by atoms with E-state index in [1.807, 2.05) is 38.1 Å². The number of carbonyl (C=O) groups excluding carboxylic acids is 1. The van der Waals surface area contributed by atoms with Crippen LogP contribution in [0.2, 0.25) is 0 Å². The number of aliphatic hydroxyl groups is 1. The molecule has 0 saturated carbocycles. The van der Waals surface area contributed by atoms with E-state index in [1.165, 1.54) is 0 Å². The number of nitrogens with zero attached hydrogens (tertiary/aromatic N) is 1. The van der Waals surface area contributed by atoms with Crippen molar-refractivity contribution in [3.63, 3.8) is 0 Å². The van der Waals surface area contributed by atoms with Crippen LogP contribution in [0.1, 0.15) is 27.9 Å². The second-order valence-corrected chi connectivity index (χ2v) is 4.92. The third kappa shape index (κ3) is 5.87. The van der Waals surface area contributed by atoms with Gasteiger partial charge in [0, 0.05) is 30.6 Å². The average Bonchev–Trinajstić information content (AvgIpc) is 2.38. The molecule has 0 atom stereocenters. The lowest BCUT2D eigenvalue weighted by Crippen LogP contribution is -2.31. The molecule has 0 unspecified atom stereocenters. The van der Waals surface area contributed by atoms with Crippen LogP contribution in [-0.2, 0) is 0 Å². The van der Waals surface area contributed by atoms with Crippen LogP contribution in [0.5, 0.6) is 0 Å². The standard InChI is InChI=1S/C16H22N2O2/c1-13-10-14(6-4-5-9-19)12-15(11-13)16(20)17-7-8-18(2)3/h10-12,19H,5,7-9H2,1-3H3,(H,17,20). The van der Waals surface area contributed by atoms with Gasteiger partial charge in [-0.05, 0) is 44.8 Å². The van der Waals surface area contributed by atoms with Gasteiger partial charge >= 0.3 is 0 Å². The van der Waals surface area contributed by atoms with Gasteiger partial charge in [0.15, 0.2) is 0 Å². The van der Waals surface area contributed by atoms with Gasteiger partial charge in [0.25, 0.3) is 5.91 Å². The summed E-state index contributed by atoms with van der Waals surface area (Å²) in [5.74, 6) is 5.74. The molecule has 1 rings (SSSR count). The zero-order chi connectivity index (χ0) is 15.0. The van der Waals surface area contributed by atoms with Gasteiger partial charge in [-0.25, -0.2) is 0 Å². The van der Waals surface area contributed by atoms with Crippen molar-refractivity contribution in [1.29, 1.82) is 0 Å². The lowest BCUT2D eigenvalue weighted by atomic mass is 10.1. The van der Waals surface area contributed by atoms with Gasteiger partial charge in [0.1, 0.15) is 0 Å². The molecule has 1 aromatic rings. The first kappa shape index (κ1) is 16.2. The first-order valence-electron chi connectivity index (χ1n) is 6.67. The lowest BCUT2D eigenvalue weighted by Gasteiger charge is -2.11. The molecular weight excluding hydrogens is 252 g/mol. The number of rotatable bonds is 5. The van der Waals surface area contributed by atoms with Crippen LogP contribution in [0.15, 0.2) is 18.2 Å². The fraction of sp³-hybridized carbons (Fsp3) is 0.438. The normalized spacial score (nSPS) is 10.1. The van der Waals surface area contributed by atoms with Gasteiger partial charge in [-0.2, -0.15) is 0 Å². The molecule has 0 aliphatic rings. The maximum atomic E-state index is 12.0. The monoisotopic (exact) mass is 274 g/mol. The van der Waals surface area contributed by atoms with Crippen LogP contribution in [0, 0.1) is 18.8 Å². The Morgan fingerprint density at radius 1 is 1.35 bits per heavy atom. The van der Waals surface area contributed by atoms with E-state index in [0.29, 0.717) is 18.5 Å². The first-order chi connectivity index (χ1) is 9.52. The Hall–Kier alpha value is -1.83. The minimum atomic E-state index is -0.0826. The van der Waals surface area contributed by atoms with Gasteiger partial charge in [0.05, 0.1) is 6.61 Å². The Bertz CT molecular complexity index is 513. The highest BCUT2D eigenvalue weighted by molar-refractivity contribution is 5.94. The average molecular weight is 274 g/mol. The number of amides is 1. The van der Waals surface area contributed by atoms with Crippen molar-refractivity contribution in [3.05, 3.63) is 34.9 Å². The third-order valence-corrected chi connectivity index (χ3v) is 2.65. The summed E-state index contributed by atoms with van der Waals surface area (Å²) in [6.45, 7) is 3.41. The van der Waals surface area contributed by atoms with Gasteiger partial charge < -0.3 is 15.3 Å². The minimum absolute atomic E-state index is 0.0523. The zero-order valence-corrected chi connectivity index (χ0v) is 12.4. The van der Waals surface area contributed by atoms with Crippen LogP contribution >= 0.6 is 0 Å². The van der Waals surface area contributed by atoms with E-state index >= 15 is 0 Å². The number of aryl methyl sites for hydroxylation is 1. The van der Waals surface area contributed by atoms with E-state index in [1.54, 1.807) is 6.07 Å². The van der Waals surface area contributed by atoms with Crippen molar-refractivity contribution in [2.45, 2.75) is 13.3 Å². The van der Waals surface area contributed by atoms with Crippen molar-refractivity contribution in [3.8, 4) is 11.8 Å². The molecule has 0 heterocycles. The molecular formula is C16H22N2O2. The Morgan fingerprint density at radius 2 is 2.10 bits per heavy atom. The van der Waals surface area contributed by atoms with Crippen LogP contribution in [0.25, 0.3) is 0 Å². The van der Waals surface area contributed by atoms with Crippen molar-refractivity contribution >= 4 is 5.91 Å². The Morgan fingerprint density at radius 3 is 2.75 bits per heavy atom. The molecule has 0 radical (unpaired) electrons. The molecule has 0 aliphatic heterocycles. The molecule has 0 bridgehead atoms. The highest BCUT2D eigenvalue weighted by Gasteiger charge is 2.06. The van der Waals surface area contributed by atoms with Gasteiger partial charge in [0.2, 0.25) is 0 Å². The lowest BCUT2D eigenvalue weighted by molar-refractivity contribution is 0.0951. The van der Waals surface area contributed by atoms with Crippen LogP contribution in [0.4, 0.5) is 0 Å². The number of nitrogens with one attached hydrogen (secondary N) is 1. The van der Waals surface area contributed by atoms with E-state index < -0.39 is 0 Å². The molecule has 4 nitrogen and oxygen atoms in total. The van der Waals surface area contributed by atoms with Crippen molar-refractivity contribution in [1.82, 2.24) is 10.2 Å². The number of benzene rings is 1. The molecule has 20 heavy (non-hydrogen) atoms. The Balaban J connectivity index is 2.75. The largest absolute Gasteiger partial charge is 0.395 e. The summed E-state index contributed by atoms with van der Waals surface area (Å²) >= 11 is 0. The summed E-state index contributed by atoms with van der Waals surface area (Å²) in [5, 5.41) is 11.6. The Labute approximate surface area is 120 Å². The maximum Gasteiger partial charge on any atom is 0.251 e. The number of likely N-dealkylation sites (N-methyl/N-ethyl adjacent to an activating group) is 1. The number of aliphatic hydroxyl groups excluding tert-OH is 1. The van der Waals surface area contributed by atoms with Crippen molar-refractivity contribution in [2.75, 3.05) is 33.8 Å². The number of carbonyl (C=O) groups is 1. The third-order valence-electron chi connectivity index (χ3n) is 2.65. The summed E-state index contributed by atoms with van der Waals surface area (Å²) in [4.78, 5) is 14.1. The maximum absolute atomic E-state index is 12.0. The first-order valence-corrected chi connectivity index (χ1v) is 6.67. The van der Waals surface area contributed by atoms with E-state index in [9.17, 15) is 4.79 Å². The predicted octanol–water partition coefficient (Wildman–Crippen LogP) is 1.02. The molecule has 1 aromatic carbocycles. The molecule has 0 aliphatic carbocycles. The van der Waals surface area contributed by atoms with Gasteiger partial charge in [-0.1, -0.05) is 11.8 Å².